The van der Waals surface area contributed by atoms with Crippen LogP contribution in [0.3, 0.4) is 0 Å². The molecule has 0 N–H and O–H groups in total. The Morgan fingerprint density at radius 3 is 1.96 bits per heavy atom. The van der Waals surface area contributed by atoms with Crippen molar-refractivity contribution >= 4 is 5.97 Å². The Morgan fingerprint density at radius 2 is 1.34 bits per heavy atom. The summed E-state index contributed by atoms with van der Waals surface area (Å²) in [6.45, 7) is 17.3. The zero-order valence-corrected chi connectivity index (χ0v) is 34.8. The minimum Gasteiger partial charge on any atom is -0.462 e. The van der Waals surface area contributed by atoms with E-state index in [9.17, 15) is 4.79 Å². The van der Waals surface area contributed by atoms with Gasteiger partial charge in [-0.15, -0.1) is 0 Å². The molecule has 0 bridgehead atoms. The van der Waals surface area contributed by atoms with E-state index in [0.29, 0.717) is 23.2 Å². The molecule has 0 aromatic carbocycles. The molecule has 0 radical (unpaired) electrons. The Balaban J connectivity index is 1.27. The van der Waals surface area contributed by atoms with E-state index in [0.717, 1.165) is 48.3 Å². The van der Waals surface area contributed by atoms with E-state index >= 15 is 0 Å². The van der Waals surface area contributed by atoms with E-state index in [1.54, 1.807) is 5.57 Å². The monoisotopic (exact) mass is 695 g/mol. The number of fused-ring (bicyclic) bond motifs is 5. The van der Waals surface area contributed by atoms with Crippen molar-refractivity contribution in [1.82, 2.24) is 0 Å². The van der Waals surface area contributed by atoms with Gasteiger partial charge >= 0.3 is 5.97 Å². The molecule has 2 heteroatoms. The molecule has 0 aromatic rings. The quantitative estimate of drug-likeness (QED) is 0.0571. The van der Waals surface area contributed by atoms with Gasteiger partial charge in [0.2, 0.25) is 0 Å². The van der Waals surface area contributed by atoms with Gasteiger partial charge in [-0.25, -0.2) is 0 Å². The lowest BCUT2D eigenvalue weighted by molar-refractivity contribution is -0.152. The number of ether oxygens (including phenoxy) is 1. The van der Waals surface area contributed by atoms with Crippen molar-refractivity contribution in [1.29, 1.82) is 0 Å². The highest BCUT2D eigenvalue weighted by atomic mass is 16.5. The number of carbonyl (C=O) groups excluding carboxylic acids is 1. The van der Waals surface area contributed by atoms with Crippen molar-refractivity contribution in [3.8, 4) is 0 Å². The van der Waals surface area contributed by atoms with Crippen LogP contribution in [0.5, 0.6) is 0 Å². The third kappa shape index (κ3) is 11.6. The maximum absolute atomic E-state index is 13.5. The summed E-state index contributed by atoms with van der Waals surface area (Å²) in [4.78, 5) is 13.5. The summed E-state index contributed by atoms with van der Waals surface area (Å²) >= 11 is 0. The van der Waals surface area contributed by atoms with Crippen LogP contribution in [0, 0.1) is 52.3 Å². The first kappa shape index (κ1) is 42.0. The lowest BCUT2D eigenvalue weighted by atomic mass is 9.47. The summed E-state index contributed by atoms with van der Waals surface area (Å²) in [5, 5.41) is 0. The molecule has 0 spiro atoms. The van der Waals surface area contributed by atoms with E-state index in [4.69, 9.17) is 4.74 Å². The number of carbonyl (C=O) groups is 1. The van der Waals surface area contributed by atoms with Crippen LogP contribution in [0.4, 0.5) is 0 Å². The van der Waals surface area contributed by atoms with Crippen LogP contribution in [0.25, 0.3) is 0 Å². The first-order chi connectivity index (χ1) is 24.1. The van der Waals surface area contributed by atoms with Gasteiger partial charge in [-0.2, -0.15) is 0 Å². The molecule has 9 atom stereocenters. The van der Waals surface area contributed by atoms with Crippen LogP contribution in [0.2, 0.25) is 0 Å². The third-order valence-corrected chi connectivity index (χ3v) is 15.4. The van der Waals surface area contributed by atoms with Gasteiger partial charge < -0.3 is 4.74 Å². The molecule has 2 unspecified atom stereocenters. The van der Waals surface area contributed by atoms with Crippen LogP contribution < -0.4 is 0 Å². The molecule has 4 rings (SSSR count). The largest absolute Gasteiger partial charge is 0.462 e. The minimum atomic E-state index is 0.104. The predicted molar refractivity (Wildman–Crippen MR) is 216 cm³/mol. The Hall–Kier alpha value is -0.790. The van der Waals surface area contributed by atoms with E-state index in [-0.39, 0.29) is 12.1 Å². The summed E-state index contributed by atoms with van der Waals surface area (Å²) in [5.41, 5.74) is 2.53. The summed E-state index contributed by atoms with van der Waals surface area (Å²) in [6, 6.07) is 0. The van der Waals surface area contributed by atoms with Gasteiger partial charge in [0.25, 0.3) is 0 Å². The van der Waals surface area contributed by atoms with Gasteiger partial charge in [0.15, 0.2) is 0 Å². The van der Waals surface area contributed by atoms with Crippen LogP contribution >= 0.6 is 0 Å². The standard InChI is InChI=1S/C48H86O2/c1-8-10-12-14-16-17-19-21-26-39(25-20-18-15-13-11-9-2)35-46(49)50-41-31-33-47(6)40(36-41)27-28-42-44-30-29-43(38(5)24-22-23-37(3)4)48(44,7)34-32-45(42)47/h27,37-39,41-45H,8-26,28-36H2,1-7H3/t38-,39?,41?,42+,43-,44+,45+,47+,48-/m1/s1. The molecular weight excluding hydrogens is 609 g/mol. The molecule has 0 amide bonds. The van der Waals surface area contributed by atoms with E-state index in [1.807, 2.05) is 0 Å². The second-order valence-corrected chi connectivity index (χ2v) is 19.5. The second-order valence-electron chi connectivity index (χ2n) is 19.5. The van der Waals surface area contributed by atoms with Gasteiger partial charge in [0.1, 0.15) is 6.10 Å². The smallest absolute Gasteiger partial charge is 0.306 e. The molecular formula is C48H86O2. The summed E-state index contributed by atoms with van der Waals surface area (Å²) in [7, 11) is 0. The Morgan fingerprint density at radius 1 is 0.720 bits per heavy atom. The van der Waals surface area contributed by atoms with Gasteiger partial charge in [0, 0.05) is 12.8 Å². The van der Waals surface area contributed by atoms with Gasteiger partial charge in [-0.1, -0.05) is 169 Å². The molecule has 290 valence electrons. The second kappa shape index (κ2) is 21.2. The minimum absolute atomic E-state index is 0.104. The van der Waals surface area contributed by atoms with Gasteiger partial charge in [-0.05, 0) is 110 Å². The molecule has 3 saturated carbocycles. The van der Waals surface area contributed by atoms with Crippen LogP contribution in [-0.4, -0.2) is 12.1 Å². The average Bonchev–Trinajstić information content (AvgIpc) is 3.44. The number of hydrogen-bond donors (Lipinski definition) is 0. The fourth-order valence-electron chi connectivity index (χ4n) is 12.4. The predicted octanol–water partition coefficient (Wildman–Crippen LogP) is 15.2. The molecule has 2 nitrogen and oxygen atoms in total. The zero-order chi connectivity index (χ0) is 36.0. The van der Waals surface area contributed by atoms with Crippen molar-refractivity contribution in [2.75, 3.05) is 0 Å². The normalized spacial score (nSPS) is 31.8. The highest BCUT2D eigenvalue weighted by Gasteiger charge is 2.59. The molecule has 0 aliphatic heterocycles. The van der Waals surface area contributed by atoms with Crippen molar-refractivity contribution in [2.24, 2.45) is 52.3 Å². The van der Waals surface area contributed by atoms with Crippen LogP contribution in [-0.2, 0) is 9.53 Å². The van der Waals surface area contributed by atoms with Gasteiger partial charge in [-0.3, -0.25) is 4.79 Å². The van der Waals surface area contributed by atoms with Crippen molar-refractivity contribution in [3.05, 3.63) is 11.6 Å². The average molecular weight is 695 g/mol. The maximum Gasteiger partial charge on any atom is 0.306 e. The third-order valence-electron chi connectivity index (χ3n) is 15.4. The zero-order valence-electron chi connectivity index (χ0n) is 34.8. The van der Waals surface area contributed by atoms with Crippen LogP contribution in [0.1, 0.15) is 228 Å². The van der Waals surface area contributed by atoms with E-state index in [1.165, 1.54) is 161 Å². The molecule has 0 saturated heterocycles. The molecule has 50 heavy (non-hydrogen) atoms. The first-order valence-electron chi connectivity index (χ1n) is 23.0. The van der Waals surface area contributed by atoms with Crippen molar-refractivity contribution in [2.45, 2.75) is 234 Å². The Kier molecular flexibility index (Phi) is 17.8. The summed E-state index contributed by atoms with van der Waals surface area (Å²) < 4.78 is 6.39. The van der Waals surface area contributed by atoms with Crippen LogP contribution in [0.15, 0.2) is 11.6 Å². The number of esters is 1. The maximum atomic E-state index is 13.5. The lowest BCUT2D eigenvalue weighted by Crippen LogP contribution is -2.51. The highest BCUT2D eigenvalue weighted by Crippen LogP contribution is 2.67. The number of allylic oxidation sites excluding steroid dienone is 1. The lowest BCUT2D eigenvalue weighted by Gasteiger charge is -2.58. The molecule has 3 fully saturated rings. The topological polar surface area (TPSA) is 26.3 Å². The fourth-order valence-corrected chi connectivity index (χ4v) is 12.4. The first-order valence-corrected chi connectivity index (χ1v) is 23.0. The highest BCUT2D eigenvalue weighted by molar-refractivity contribution is 5.70. The van der Waals surface area contributed by atoms with Gasteiger partial charge in [0.05, 0.1) is 0 Å². The van der Waals surface area contributed by atoms with E-state index in [2.05, 4.69) is 54.5 Å². The SMILES string of the molecule is CCCCCCCCCCC(CCCCCCCC)CC(=O)OC1CC[C@@]2(C)C(=CC[C@H]3[C@@H]4CC[C@H]([C@H](C)CCCC(C)C)[C@@]4(C)CC[C@@H]32)C1. The van der Waals surface area contributed by atoms with Crippen molar-refractivity contribution in [3.63, 3.8) is 0 Å². The summed E-state index contributed by atoms with van der Waals surface area (Å²) in [5.74, 6) is 5.88. The van der Waals surface area contributed by atoms with Crippen molar-refractivity contribution < 1.29 is 9.53 Å². The Labute approximate surface area is 312 Å². The van der Waals surface area contributed by atoms with E-state index < -0.39 is 0 Å². The molecule has 0 aromatic heterocycles. The number of hydrogen-bond acceptors (Lipinski definition) is 2. The fraction of sp³-hybridized carbons (Fsp3) is 0.938. The summed E-state index contributed by atoms with van der Waals surface area (Å²) in [6.07, 6.45) is 39.4. The molecule has 0 heterocycles. The Bertz CT molecular complexity index is 996. The molecule has 4 aliphatic carbocycles. The molecule has 4 aliphatic rings. The number of unbranched alkanes of at least 4 members (excludes halogenated alkanes) is 12. The number of rotatable bonds is 24.